The summed E-state index contributed by atoms with van der Waals surface area (Å²) >= 11 is 0. The lowest BCUT2D eigenvalue weighted by Gasteiger charge is -2.08. The maximum Gasteiger partial charge on any atom is 0.230 e. The number of ketones is 1. The fourth-order valence-electron chi connectivity index (χ4n) is 4.24. The molecule has 1 aliphatic carbocycles. The summed E-state index contributed by atoms with van der Waals surface area (Å²) in [5, 5.41) is 3.62. The summed E-state index contributed by atoms with van der Waals surface area (Å²) in [5.74, 6) is 1.13. The van der Waals surface area contributed by atoms with Gasteiger partial charge in [-0.05, 0) is 38.8 Å². The lowest BCUT2D eigenvalue weighted by Crippen LogP contribution is -2.16. The van der Waals surface area contributed by atoms with Gasteiger partial charge in [-0.2, -0.15) is 0 Å². The summed E-state index contributed by atoms with van der Waals surface area (Å²) in [5.41, 5.74) is 2.96. The van der Waals surface area contributed by atoms with Crippen LogP contribution in [-0.2, 0) is 22.6 Å². The number of ether oxygens (including phenoxy) is 1. The van der Waals surface area contributed by atoms with Crippen molar-refractivity contribution in [2.24, 2.45) is 0 Å². The van der Waals surface area contributed by atoms with E-state index >= 15 is 0 Å². The summed E-state index contributed by atoms with van der Waals surface area (Å²) < 4.78 is 13.0. The molecule has 1 N–H and O–H groups in total. The molecule has 9 heteroatoms. The number of aromatic nitrogens is 4. The van der Waals surface area contributed by atoms with Crippen molar-refractivity contribution in [1.82, 2.24) is 19.5 Å². The van der Waals surface area contributed by atoms with E-state index < -0.39 is 0 Å². The topological polar surface area (TPSA) is 112 Å². The molecule has 180 valence electrons. The van der Waals surface area contributed by atoms with Gasteiger partial charge in [0.15, 0.2) is 5.78 Å². The van der Waals surface area contributed by atoms with Crippen molar-refractivity contribution in [2.75, 3.05) is 12.4 Å². The number of methoxy groups -OCH3 is 1. The summed E-state index contributed by atoms with van der Waals surface area (Å²) in [6, 6.07) is 3.73. The molecule has 35 heavy (non-hydrogen) atoms. The molecule has 9 nitrogen and oxygen atoms in total. The Labute approximate surface area is 202 Å². The summed E-state index contributed by atoms with van der Waals surface area (Å²) in [4.78, 5) is 39.0. The van der Waals surface area contributed by atoms with Crippen molar-refractivity contribution in [3.63, 3.8) is 0 Å². The molecule has 0 aromatic carbocycles. The second kappa shape index (κ2) is 9.42. The number of nitrogens with zero attached hydrogens (tertiary/aromatic N) is 4. The molecule has 0 unspecified atom stereocenters. The highest BCUT2D eigenvalue weighted by molar-refractivity contribution is 6.16. The highest BCUT2D eigenvalue weighted by atomic mass is 16.5. The number of amides is 1. The monoisotopic (exact) mass is 473 g/mol. The minimum atomic E-state index is -0.254. The first-order valence-electron chi connectivity index (χ1n) is 11.7. The third-order valence-electron chi connectivity index (χ3n) is 6.04. The van der Waals surface area contributed by atoms with Crippen LogP contribution in [-0.4, -0.2) is 38.3 Å². The summed E-state index contributed by atoms with van der Waals surface area (Å²) in [6.45, 7) is 4.39. The van der Waals surface area contributed by atoms with Gasteiger partial charge in [-0.15, -0.1) is 0 Å². The fourth-order valence-corrected chi connectivity index (χ4v) is 4.24. The number of fused-ring (bicyclic) bond motifs is 1. The van der Waals surface area contributed by atoms with E-state index in [-0.39, 0.29) is 30.8 Å². The van der Waals surface area contributed by atoms with Crippen molar-refractivity contribution in [1.29, 1.82) is 0 Å². The van der Waals surface area contributed by atoms with Crippen LogP contribution in [0.1, 0.15) is 71.9 Å². The molecule has 4 aromatic heterocycles. The van der Waals surface area contributed by atoms with Crippen LogP contribution in [0.25, 0.3) is 10.9 Å². The number of oxazole rings is 1. The van der Waals surface area contributed by atoms with Crippen molar-refractivity contribution in [2.45, 2.75) is 51.7 Å². The smallest absolute Gasteiger partial charge is 0.230 e. The van der Waals surface area contributed by atoms with Crippen LogP contribution in [0.4, 0.5) is 5.69 Å². The molecule has 1 aliphatic rings. The molecule has 1 fully saturated rings. The standard InChI is InChI=1S/C26H27N5O4/c1-15(2)31-13-20(19-12-27-7-6-22(19)31)25(33)17-8-18(11-28-10-17)29-23(32)9-21-26(16-4-5-16)35-24(30-21)14-34-3/h6-8,10-13,15-16H,4-5,9,14H2,1-3H3,(H,29,32). The van der Waals surface area contributed by atoms with E-state index in [0.29, 0.717) is 34.3 Å². The number of nitrogens with one attached hydrogen (secondary N) is 1. The van der Waals surface area contributed by atoms with Crippen LogP contribution in [0.3, 0.4) is 0 Å². The van der Waals surface area contributed by atoms with E-state index in [1.54, 1.807) is 25.6 Å². The van der Waals surface area contributed by atoms with Gasteiger partial charge in [0.05, 0.1) is 29.5 Å². The molecule has 5 rings (SSSR count). The molecule has 0 radical (unpaired) electrons. The molecule has 1 saturated carbocycles. The predicted molar refractivity (Wildman–Crippen MR) is 129 cm³/mol. The Balaban J connectivity index is 1.35. The molecule has 4 heterocycles. The second-order valence-corrected chi connectivity index (χ2v) is 9.08. The zero-order chi connectivity index (χ0) is 24.5. The SMILES string of the molecule is COCc1nc(CC(=O)Nc2cncc(C(=O)c3cn(C(C)C)c4ccncc34)c2)c(C2CC2)o1. The van der Waals surface area contributed by atoms with Gasteiger partial charge in [-0.3, -0.25) is 19.6 Å². The van der Waals surface area contributed by atoms with E-state index in [1.165, 1.54) is 12.4 Å². The number of carbonyl (C=O) groups is 2. The molecule has 0 saturated heterocycles. The quantitative estimate of drug-likeness (QED) is 0.358. The minimum Gasteiger partial charge on any atom is -0.443 e. The number of carbonyl (C=O) groups excluding carboxylic acids is 2. The van der Waals surface area contributed by atoms with Gasteiger partial charge in [0.1, 0.15) is 12.4 Å². The van der Waals surface area contributed by atoms with Crippen LogP contribution < -0.4 is 5.32 Å². The van der Waals surface area contributed by atoms with E-state index in [4.69, 9.17) is 9.15 Å². The molecule has 4 aromatic rings. The van der Waals surface area contributed by atoms with E-state index in [1.807, 2.05) is 12.3 Å². The average Bonchev–Trinajstić information content (AvgIpc) is 3.50. The molecular weight excluding hydrogens is 446 g/mol. The lowest BCUT2D eigenvalue weighted by molar-refractivity contribution is -0.115. The van der Waals surface area contributed by atoms with E-state index in [9.17, 15) is 9.59 Å². The summed E-state index contributed by atoms with van der Waals surface area (Å²) in [6.07, 6.45) is 10.4. The minimum absolute atomic E-state index is 0.0742. The molecular formula is C26H27N5O4. The van der Waals surface area contributed by atoms with Crippen LogP contribution >= 0.6 is 0 Å². The van der Waals surface area contributed by atoms with Crippen molar-refractivity contribution in [3.8, 4) is 0 Å². The second-order valence-electron chi connectivity index (χ2n) is 9.08. The maximum atomic E-state index is 13.4. The predicted octanol–water partition coefficient (Wildman–Crippen LogP) is 4.44. The number of pyridine rings is 2. The highest BCUT2D eigenvalue weighted by Gasteiger charge is 2.32. The van der Waals surface area contributed by atoms with Crippen molar-refractivity contribution in [3.05, 3.63) is 71.6 Å². The average molecular weight is 474 g/mol. The van der Waals surface area contributed by atoms with Gasteiger partial charge in [0, 0.05) is 60.4 Å². The van der Waals surface area contributed by atoms with Crippen LogP contribution in [0, 0.1) is 0 Å². The van der Waals surface area contributed by atoms with Gasteiger partial charge < -0.3 is 19.0 Å². The lowest BCUT2D eigenvalue weighted by atomic mass is 10.0. The Morgan fingerprint density at radius 3 is 2.80 bits per heavy atom. The first-order valence-corrected chi connectivity index (χ1v) is 11.7. The van der Waals surface area contributed by atoms with Crippen molar-refractivity contribution < 1.29 is 18.7 Å². The van der Waals surface area contributed by atoms with Gasteiger partial charge in [0.25, 0.3) is 0 Å². The molecule has 0 atom stereocenters. The summed E-state index contributed by atoms with van der Waals surface area (Å²) in [7, 11) is 1.58. The number of rotatable bonds is 9. The highest BCUT2D eigenvalue weighted by Crippen LogP contribution is 2.42. The van der Waals surface area contributed by atoms with Gasteiger partial charge in [-0.25, -0.2) is 4.98 Å². The molecule has 1 amide bonds. The number of anilines is 1. The molecule has 0 spiro atoms. The molecule has 0 aliphatic heterocycles. The Kier molecular flexibility index (Phi) is 6.17. The number of hydrogen-bond acceptors (Lipinski definition) is 7. The van der Waals surface area contributed by atoms with Crippen LogP contribution in [0.5, 0.6) is 0 Å². The van der Waals surface area contributed by atoms with E-state index in [2.05, 4.69) is 38.7 Å². The number of hydrogen-bond donors (Lipinski definition) is 1. The van der Waals surface area contributed by atoms with Crippen LogP contribution in [0.15, 0.2) is 47.5 Å². The van der Waals surface area contributed by atoms with Crippen LogP contribution in [0.2, 0.25) is 0 Å². The fraction of sp³-hybridized carbons (Fsp3) is 0.346. The van der Waals surface area contributed by atoms with Crippen molar-refractivity contribution >= 4 is 28.3 Å². The first-order chi connectivity index (χ1) is 16.9. The first kappa shape index (κ1) is 22.9. The zero-order valence-corrected chi connectivity index (χ0v) is 19.9. The van der Waals surface area contributed by atoms with Gasteiger partial charge in [0.2, 0.25) is 11.8 Å². The van der Waals surface area contributed by atoms with Gasteiger partial charge in [-0.1, -0.05) is 0 Å². The normalized spacial score (nSPS) is 13.5. The zero-order valence-electron chi connectivity index (χ0n) is 19.9. The Bertz CT molecular complexity index is 1400. The largest absolute Gasteiger partial charge is 0.443 e. The third kappa shape index (κ3) is 4.72. The Morgan fingerprint density at radius 1 is 1.23 bits per heavy atom. The Morgan fingerprint density at radius 2 is 2.06 bits per heavy atom. The van der Waals surface area contributed by atoms with Gasteiger partial charge >= 0.3 is 0 Å². The Hall–Kier alpha value is -3.85. The molecule has 0 bridgehead atoms. The van der Waals surface area contributed by atoms with E-state index in [0.717, 1.165) is 29.5 Å². The maximum absolute atomic E-state index is 13.4. The third-order valence-corrected chi connectivity index (χ3v) is 6.04.